The van der Waals surface area contributed by atoms with Gasteiger partial charge in [-0.15, -0.1) is 0 Å². The van der Waals surface area contributed by atoms with Gasteiger partial charge < -0.3 is 10.2 Å². The van der Waals surface area contributed by atoms with Crippen molar-refractivity contribution < 1.29 is 4.42 Å². The zero-order valence-electron chi connectivity index (χ0n) is 13.4. The number of nitrogen functional groups attached to an aromatic ring is 1. The van der Waals surface area contributed by atoms with Crippen LogP contribution in [-0.4, -0.2) is 19.1 Å². The number of hydrogen-bond donors (Lipinski definition) is 1. The first-order valence-corrected chi connectivity index (χ1v) is 7.57. The standard InChI is InChI=1S/C19H17N3O/c1-11-8-15-17(10-16(11)22(2)3)23-18-9-14(20)12-6-4-5-7-13(12)19(18)21-15/h4-10,20H,1-3H3/p+1. The second-order valence-corrected chi connectivity index (χ2v) is 6.07. The van der Waals surface area contributed by atoms with Crippen molar-refractivity contribution in [2.24, 2.45) is 0 Å². The Hall–Kier alpha value is -2.88. The average molecular weight is 304 g/mol. The van der Waals surface area contributed by atoms with Crippen molar-refractivity contribution >= 4 is 27.6 Å². The molecule has 0 saturated carbocycles. The molecule has 2 N–H and O–H groups in total. The molecule has 4 nitrogen and oxygen atoms in total. The minimum Gasteiger partial charge on any atom is -0.452 e. The summed E-state index contributed by atoms with van der Waals surface area (Å²) >= 11 is 0. The van der Waals surface area contributed by atoms with Crippen molar-refractivity contribution in [3.63, 3.8) is 0 Å². The lowest BCUT2D eigenvalue weighted by atomic mass is 10.1. The molecule has 1 aliphatic heterocycles. The zero-order chi connectivity index (χ0) is 16.1. The molecule has 0 fully saturated rings. The van der Waals surface area contributed by atoms with Crippen LogP contribution in [0.4, 0.5) is 5.69 Å². The number of benzene rings is 3. The Morgan fingerprint density at radius 2 is 1.78 bits per heavy atom. The van der Waals surface area contributed by atoms with E-state index in [0.717, 1.165) is 33.1 Å². The lowest BCUT2D eigenvalue weighted by Gasteiger charge is -2.10. The molecule has 0 saturated heterocycles. The summed E-state index contributed by atoms with van der Waals surface area (Å²) in [5.41, 5.74) is 10.5. The van der Waals surface area contributed by atoms with Crippen molar-refractivity contribution in [2.75, 3.05) is 19.8 Å². The van der Waals surface area contributed by atoms with E-state index in [-0.39, 0.29) is 0 Å². The summed E-state index contributed by atoms with van der Waals surface area (Å²) in [4.78, 5) is 4.84. The van der Waals surface area contributed by atoms with Crippen molar-refractivity contribution in [1.29, 1.82) is 0 Å². The van der Waals surface area contributed by atoms with E-state index in [2.05, 4.69) is 17.6 Å². The van der Waals surface area contributed by atoms with Gasteiger partial charge in [0, 0.05) is 28.1 Å². The van der Waals surface area contributed by atoms with Crippen LogP contribution < -0.4 is 15.7 Å². The van der Waals surface area contributed by atoms with Gasteiger partial charge >= 0.3 is 0 Å². The highest BCUT2D eigenvalue weighted by molar-refractivity contribution is 6.09. The summed E-state index contributed by atoms with van der Waals surface area (Å²) in [5.74, 6) is 0.765. The van der Waals surface area contributed by atoms with Gasteiger partial charge in [0.2, 0.25) is 5.36 Å². The summed E-state index contributed by atoms with van der Waals surface area (Å²) in [6.45, 7) is 2.09. The Bertz CT molecular complexity index is 1100. The third kappa shape index (κ3) is 2.06. The molecule has 0 aromatic heterocycles. The van der Waals surface area contributed by atoms with Gasteiger partial charge in [-0.2, -0.15) is 0 Å². The van der Waals surface area contributed by atoms with E-state index in [1.54, 1.807) is 0 Å². The minimum atomic E-state index is 0.706. The Kier molecular flexibility index (Phi) is 2.88. The fourth-order valence-electron chi connectivity index (χ4n) is 3.11. The largest absolute Gasteiger partial charge is 0.452 e. The summed E-state index contributed by atoms with van der Waals surface area (Å²) < 4.78 is 8.18. The molecule has 114 valence electrons. The quantitative estimate of drug-likeness (QED) is 0.235. The molecule has 1 aliphatic carbocycles. The molecule has 4 heteroatoms. The van der Waals surface area contributed by atoms with Gasteiger partial charge in [0.05, 0.1) is 6.07 Å². The lowest BCUT2D eigenvalue weighted by molar-refractivity contribution is 0.611. The van der Waals surface area contributed by atoms with Crippen molar-refractivity contribution in [3.05, 3.63) is 53.4 Å². The first kappa shape index (κ1) is 13.8. The van der Waals surface area contributed by atoms with E-state index in [4.69, 9.17) is 15.1 Å². The second kappa shape index (κ2) is 4.81. The SMILES string of the molecule is Cc1cc2nc3c(cc(N)c4ccccc43)oc-2cc1=[N+](C)C. The number of hydrogen-bond acceptors (Lipinski definition) is 3. The number of aryl methyl sites for hydroxylation is 1. The normalized spacial score (nSPS) is 11.4. The predicted molar refractivity (Wildman–Crippen MR) is 94.4 cm³/mol. The Morgan fingerprint density at radius 1 is 1.04 bits per heavy atom. The fraction of sp³-hybridized carbons (Fsp3) is 0.158. The van der Waals surface area contributed by atoms with Crippen LogP contribution in [0.3, 0.4) is 0 Å². The third-order valence-electron chi connectivity index (χ3n) is 4.22. The molecule has 0 atom stereocenters. The van der Waals surface area contributed by atoms with Crippen LogP contribution in [0.15, 0.2) is 46.9 Å². The van der Waals surface area contributed by atoms with Crippen LogP contribution in [-0.2, 0) is 0 Å². The van der Waals surface area contributed by atoms with E-state index in [1.165, 1.54) is 5.56 Å². The maximum Gasteiger partial charge on any atom is 0.206 e. The van der Waals surface area contributed by atoms with E-state index >= 15 is 0 Å². The number of fused-ring (bicyclic) bond motifs is 4. The number of rotatable bonds is 0. The highest BCUT2D eigenvalue weighted by Crippen LogP contribution is 2.32. The van der Waals surface area contributed by atoms with Gasteiger partial charge in [0.25, 0.3) is 0 Å². The molecule has 0 spiro atoms. The number of aromatic nitrogens is 1. The van der Waals surface area contributed by atoms with Crippen LogP contribution in [0.2, 0.25) is 0 Å². The highest BCUT2D eigenvalue weighted by atomic mass is 16.3. The van der Waals surface area contributed by atoms with E-state index in [9.17, 15) is 0 Å². The van der Waals surface area contributed by atoms with Crippen LogP contribution in [0.1, 0.15) is 5.56 Å². The fourth-order valence-corrected chi connectivity index (χ4v) is 3.11. The summed E-state index contributed by atoms with van der Waals surface area (Å²) in [6, 6.07) is 14.0. The van der Waals surface area contributed by atoms with Crippen LogP contribution in [0, 0.1) is 6.92 Å². The van der Waals surface area contributed by atoms with Crippen molar-refractivity contribution in [2.45, 2.75) is 6.92 Å². The lowest BCUT2D eigenvalue weighted by Crippen LogP contribution is -2.24. The number of nitrogens with two attached hydrogens (primary N) is 1. The molecule has 0 unspecified atom stereocenters. The van der Waals surface area contributed by atoms with Gasteiger partial charge in [-0.25, -0.2) is 9.56 Å². The topological polar surface area (TPSA) is 55.1 Å². The Labute approximate surface area is 133 Å². The van der Waals surface area contributed by atoms with Gasteiger partial charge in [-0.3, -0.25) is 0 Å². The van der Waals surface area contributed by atoms with E-state index in [0.29, 0.717) is 11.3 Å². The molecule has 2 aliphatic rings. The molecular weight excluding hydrogens is 286 g/mol. The molecule has 2 aromatic carbocycles. The van der Waals surface area contributed by atoms with E-state index in [1.807, 2.05) is 50.5 Å². The van der Waals surface area contributed by atoms with Gasteiger partial charge in [-0.1, -0.05) is 24.3 Å². The van der Waals surface area contributed by atoms with Gasteiger partial charge in [0.15, 0.2) is 11.3 Å². The monoisotopic (exact) mass is 304 g/mol. The first-order valence-electron chi connectivity index (χ1n) is 7.57. The first-order chi connectivity index (χ1) is 11.0. The molecule has 2 aromatic rings. The maximum absolute atomic E-state index is 6.17. The van der Waals surface area contributed by atoms with Gasteiger partial charge in [0.1, 0.15) is 25.3 Å². The molecular formula is C19H18N3O+. The molecule has 0 radical (unpaired) electrons. The van der Waals surface area contributed by atoms with Gasteiger partial charge in [-0.05, 0) is 13.0 Å². The van der Waals surface area contributed by atoms with Crippen molar-refractivity contribution in [1.82, 2.24) is 9.56 Å². The Morgan fingerprint density at radius 3 is 2.52 bits per heavy atom. The molecule has 4 rings (SSSR count). The predicted octanol–water partition coefficient (Wildman–Crippen LogP) is 3.01. The minimum absolute atomic E-state index is 0.706. The number of anilines is 1. The second-order valence-electron chi connectivity index (χ2n) is 6.07. The summed E-state index contributed by atoms with van der Waals surface area (Å²) in [6.07, 6.45) is 0. The molecule has 0 amide bonds. The number of nitrogens with zero attached hydrogens (tertiary/aromatic N) is 2. The average Bonchev–Trinajstić information content (AvgIpc) is 2.53. The molecule has 23 heavy (non-hydrogen) atoms. The Balaban J connectivity index is 2.21. The molecule has 1 heterocycles. The molecule has 0 bridgehead atoms. The third-order valence-corrected chi connectivity index (χ3v) is 4.22. The smallest absolute Gasteiger partial charge is 0.206 e. The van der Waals surface area contributed by atoms with Crippen LogP contribution in [0.5, 0.6) is 0 Å². The van der Waals surface area contributed by atoms with Crippen molar-refractivity contribution in [3.8, 4) is 11.5 Å². The van der Waals surface area contributed by atoms with Crippen LogP contribution >= 0.6 is 0 Å². The maximum atomic E-state index is 6.17. The zero-order valence-corrected chi connectivity index (χ0v) is 13.4. The van der Waals surface area contributed by atoms with Crippen LogP contribution in [0.25, 0.3) is 33.3 Å². The highest BCUT2D eigenvalue weighted by Gasteiger charge is 2.15. The summed E-state index contributed by atoms with van der Waals surface area (Å²) in [5, 5.41) is 3.14. The summed E-state index contributed by atoms with van der Waals surface area (Å²) in [7, 11) is 4.04. The van der Waals surface area contributed by atoms with E-state index < -0.39 is 0 Å².